The smallest absolute Gasteiger partial charge is 0.244 e. The van der Waals surface area contributed by atoms with E-state index in [1.165, 1.54) is 0 Å². The molecule has 1 aromatic heterocycles. The summed E-state index contributed by atoms with van der Waals surface area (Å²) in [5.74, 6) is 0.0649. The van der Waals surface area contributed by atoms with Gasteiger partial charge in [0.25, 0.3) is 0 Å². The molecule has 19 heavy (non-hydrogen) atoms. The molecule has 106 valence electrons. The Hall–Kier alpha value is -1.47. The molecule has 1 aromatic rings. The van der Waals surface area contributed by atoms with Crippen LogP contribution in [0.4, 0.5) is 0 Å². The molecule has 1 amide bonds. The van der Waals surface area contributed by atoms with Gasteiger partial charge in [0.2, 0.25) is 5.91 Å². The van der Waals surface area contributed by atoms with Gasteiger partial charge < -0.3 is 15.0 Å². The molecule has 1 atom stereocenters. The van der Waals surface area contributed by atoms with Crippen LogP contribution in [0.3, 0.4) is 0 Å². The van der Waals surface area contributed by atoms with E-state index >= 15 is 0 Å². The molecule has 1 aliphatic rings. The van der Waals surface area contributed by atoms with Crippen LogP contribution in [0.2, 0.25) is 0 Å². The molecule has 0 radical (unpaired) electrons. The first-order valence-corrected chi connectivity index (χ1v) is 6.68. The summed E-state index contributed by atoms with van der Waals surface area (Å²) in [6.45, 7) is 7.73. The Kier molecular flexibility index (Phi) is 4.86. The van der Waals surface area contributed by atoms with Crippen molar-refractivity contribution in [1.82, 2.24) is 25.2 Å². The molecule has 0 aliphatic carbocycles. The SMILES string of the molecule is CCNCc1cn(CC(=O)N2CCOC(C)C2)nn1. The first kappa shape index (κ1) is 14.0. The number of amides is 1. The van der Waals surface area contributed by atoms with E-state index in [0.717, 1.165) is 12.2 Å². The first-order valence-electron chi connectivity index (χ1n) is 6.68. The Morgan fingerprint density at radius 3 is 3.21 bits per heavy atom. The fourth-order valence-corrected chi connectivity index (χ4v) is 2.03. The number of nitrogens with zero attached hydrogens (tertiary/aromatic N) is 4. The van der Waals surface area contributed by atoms with Crippen LogP contribution in [0.25, 0.3) is 0 Å². The van der Waals surface area contributed by atoms with Gasteiger partial charge in [-0.1, -0.05) is 12.1 Å². The van der Waals surface area contributed by atoms with Gasteiger partial charge in [0, 0.05) is 19.6 Å². The third kappa shape index (κ3) is 4.00. The quantitative estimate of drug-likeness (QED) is 0.788. The topological polar surface area (TPSA) is 72.3 Å². The maximum Gasteiger partial charge on any atom is 0.244 e. The Morgan fingerprint density at radius 1 is 1.63 bits per heavy atom. The van der Waals surface area contributed by atoms with Crippen molar-refractivity contribution in [2.24, 2.45) is 0 Å². The van der Waals surface area contributed by atoms with E-state index < -0.39 is 0 Å². The third-order valence-electron chi connectivity index (χ3n) is 3.03. The molecule has 2 rings (SSSR count). The lowest BCUT2D eigenvalue weighted by Gasteiger charge is -2.31. The maximum atomic E-state index is 12.1. The first-order chi connectivity index (χ1) is 9.19. The minimum atomic E-state index is 0.0649. The van der Waals surface area contributed by atoms with E-state index in [4.69, 9.17) is 4.74 Å². The van der Waals surface area contributed by atoms with E-state index in [9.17, 15) is 4.79 Å². The number of rotatable bonds is 5. The highest BCUT2D eigenvalue weighted by Crippen LogP contribution is 2.05. The van der Waals surface area contributed by atoms with E-state index in [2.05, 4.69) is 15.6 Å². The van der Waals surface area contributed by atoms with E-state index in [-0.39, 0.29) is 18.6 Å². The van der Waals surface area contributed by atoms with Crippen molar-refractivity contribution in [1.29, 1.82) is 0 Å². The Labute approximate surface area is 112 Å². The lowest BCUT2D eigenvalue weighted by Crippen LogP contribution is -2.45. The molecule has 1 N–H and O–H groups in total. The molecule has 7 nitrogen and oxygen atoms in total. The van der Waals surface area contributed by atoms with Gasteiger partial charge in [-0.3, -0.25) is 4.79 Å². The Bertz CT molecular complexity index is 420. The normalized spacial score (nSPS) is 19.7. The molecular formula is C12H21N5O2. The Morgan fingerprint density at radius 2 is 2.47 bits per heavy atom. The second-order valence-electron chi connectivity index (χ2n) is 4.71. The van der Waals surface area contributed by atoms with Crippen molar-refractivity contribution >= 4 is 5.91 Å². The number of carbonyl (C=O) groups is 1. The molecule has 0 spiro atoms. The van der Waals surface area contributed by atoms with E-state index in [0.29, 0.717) is 26.2 Å². The molecule has 1 saturated heterocycles. The minimum Gasteiger partial charge on any atom is -0.375 e. The van der Waals surface area contributed by atoms with Crippen molar-refractivity contribution in [3.8, 4) is 0 Å². The van der Waals surface area contributed by atoms with Gasteiger partial charge in [-0.2, -0.15) is 0 Å². The zero-order valence-corrected chi connectivity index (χ0v) is 11.5. The number of hydrogen-bond acceptors (Lipinski definition) is 5. The highest BCUT2D eigenvalue weighted by atomic mass is 16.5. The van der Waals surface area contributed by atoms with Crippen LogP contribution in [0.15, 0.2) is 6.20 Å². The van der Waals surface area contributed by atoms with Gasteiger partial charge in [0.05, 0.1) is 24.6 Å². The third-order valence-corrected chi connectivity index (χ3v) is 3.03. The van der Waals surface area contributed by atoms with Crippen molar-refractivity contribution in [3.63, 3.8) is 0 Å². The zero-order valence-electron chi connectivity index (χ0n) is 11.5. The van der Waals surface area contributed by atoms with Crippen LogP contribution in [-0.4, -0.2) is 58.1 Å². The van der Waals surface area contributed by atoms with Crippen LogP contribution in [0, 0.1) is 0 Å². The van der Waals surface area contributed by atoms with Crippen LogP contribution in [-0.2, 0) is 22.6 Å². The van der Waals surface area contributed by atoms with E-state index in [1.807, 2.05) is 24.9 Å². The summed E-state index contributed by atoms with van der Waals surface area (Å²) in [6, 6.07) is 0. The van der Waals surface area contributed by atoms with Gasteiger partial charge in [0.1, 0.15) is 6.54 Å². The maximum absolute atomic E-state index is 12.1. The van der Waals surface area contributed by atoms with Gasteiger partial charge >= 0.3 is 0 Å². The fourth-order valence-electron chi connectivity index (χ4n) is 2.03. The molecule has 1 unspecified atom stereocenters. The van der Waals surface area contributed by atoms with Crippen molar-refractivity contribution in [2.75, 3.05) is 26.2 Å². The number of aromatic nitrogens is 3. The largest absolute Gasteiger partial charge is 0.375 e. The second-order valence-corrected chi connectivity index (χ2v) is 4.71. The second kappa shape index (κ2) is 6.63. The van der Waals surface area contributed by atoms with Gasteiger partial charge in [-0.15, -0.1) is 5.10 Å². The Balaban J connectivity index is 1.86. The fraction of sp³-hybridized carbons (Fsp3) is 0.750. The predicted molar refractivity (Wildman–Crippen MR) is 69.4 cm³/mol. The average molecular weight is 267 g/mol. The molecule has 0 bridgehead atoms. The summed E-state index contributed by atoms with van der Waals surface area (Å²) in [5, 5.41) is 11.2. The highest BCUT2D eigenvalue weighted by molar-refractivity contribution is 5.76. The lowest BCUT2D eigenvalue weighted by atomic mass is 10.3. The molecule has 0 saturated carbocycles. The van der Waals surface area contributed by atoms with Crippen molar-refractivity contribution in [2.45, 2.75) is 33.0 Å². The molecule has 0 aromatic carbocycles. The number of hydrogen-bond donors (Lipinski definition) is 1. The van der Waals surface area contributed by atoms with Gasteiger partial charge in [-0.25, -0.2) is 4.68 Å². The van der Waals surface area contributed by atoms with Crippen LogP contribution < -0.4 is 5.32 Å². The lowest BCUT2D eigenvalue weighted by molar-refractivity contribution is -0.139. The monoisotopic (exact) mass is 267 g/mol. The summed E-state index contributed by atoms with van der Waals surface area (Å²) >= 11 is 0. The van der Waals surface area contributed by atoms with Crippen LogP contribution in [0.5, 0.6) is 0 Å². The minimum absolute atomic E-state index is 0.0649. The number of morpholine rings is 1. The molecule has 1 aliphatic heterocycles. The molecule has 2 heterocycles. The van der Waals surface area contributed by atoms with Crippen LogP contribution in [0.1, 0.15) is 19.5 Å². The van der Waals surface area contributed by atoms with Crippen LogP contribution >= 0.6 is 0 Å². The predicted octanol–water partition coefficient (Wildman–Crippen LogP) is -0.365. The van der Waals surface area contributed by atoms with Gasteiger partial charge in [-0.05, 0) is 13.5 Å². The molecule has 1 fully saturated rings. The molecular weight excluding hydrogens is 246 g/mol. The van der Waals surface area contributed by atoms with E-state index in [1.54, 1.807) is 4.68 Å². The zero-order chi connectivity index (χ0) is 13.7. The highest BCUT2D eigenvalue weighted by Gasteiger charge is 2.21. The summed E-state index contributed by atoms with van der Waals surface area (Å²) < 4.78 is 7.01. The number of carbonyl (C=O) groups excluding carboxylic acids is 1. The summed E-state index contributed by atoms with van der Waals surface area (Å²) in [4.78, 5) is 13.9. The number of nitrogens with one attached hydrogen (secondary N) is 1. The average Bonchev–Trinajstić information content (AvgIpc) is 2.84. The standard InChI is InChI=1S/C12H21N5O2/c1-3-13-6-11-8-17(15-14-11)9-12(18)16-4-5-19-10(2)7-16/h8,10,13H,3-7,9H2,1-2H3. The molecule has 7 heteroatoms. The summed E-state index contributed by atoms with van der Waals surface area (Å²) in [5.41, 5.74) is 0.852. The van der Waals surface area contributed by atoms with Crippen molar-refractivity contribution in [3.05, 3.63) is 11.9 Å². The summed E-state index contributed by atoms with van der Waals surface area (Å²) in [6.07, 6.45) is 1.92. The van der Waals surface area contributed by atoms with Crippen molar-refractivity contribution < 1.29 is 9.53 Å². The van der Waals surface area contributed by atoms with Gasteiger partial charge in [0.15, 0.2) is 0 Å². The summed E-state index contributed by atoms with van der Waals surface area (Å²) in [7, 11) is 0. The number of ether oxygens (including phenoxy) is 1.